The number of nitrogens with two attached hydrogens (primary N) is 1. The van der Waals surface area contributed by atoms with Crippen LogP contribution in [0.25, 0.3) is 11.2 Å². The highest BCUT2D eigenvalue weighted by molar-refractivity contribution is 5.89. The molecule has 0 amide bonds. The fourth-order valence-corrected chi connectivity index (χ4v) is 5.13. The molecule has 3 fully saturated rings. The first-order valence-corrected chi connectivity index (χ1v) is 11.7. The number of hydrogen-bond acceptors (Lipinski definition) is 14. The number of carboxylic acids is 1. The first kappa shape index (κ1) is 26.4. The molecule has 5 rings (SSSR count). The summed E-state index contributed by atoms with van der Waals surface area (Å²) in [6.07, 6.45) is -6.78. The molecule has 206 valence electrons. The molecule has 0 aromatic carbocycles. The van der Waals surface area contributed by atoms with Crippen LogP contribution in [0, 0.1) is 0 Å². The van der Waals surface area contributed by atoms with Gasteiger partial charge in [-0.1, -0.05) is 6.08 Å². The summed E-state index contributed by atoms with van der Waals surface area (Å²) in [4.78, 5) is 36.8. The maximum Gasteiger partial charge on any atom is 0.336 e. The largest absolute Gasteiger partial charge is 0.479 e. The first-order chi connectivity index (χ1) is 18.1. The average Bonchev–Trinajstić information content (AvgIpc) is 3.46. The minimum Gasteiger partial charge on any atom is -0.479 e. The lowest BCUT2D eigenvalue weighted by atomic mass is 9.84. The van der Waals surface area contributed by atoms with E-state index >= 15 is 0 Å². The van der Waals surface area contributed by atoms with Crippen molar-refractivity contribution in [1.29, 1.82) is 0 Å². The monoisotopic (exact) mass is 537 g/mol. The van der Waals surface area contributed by atoms with Gasteiger partial charge in [0.05, 0.1) is 24.6 Å². The molecule has 38 heavy (non-hydrogen) atoms. The summed E-state index contributed by atoms with van der Waals surface area (Å²) in [7, 11) is 1.40. The normalized spacial score (nSPS) is 37.0. The van der Waals surface area contributed by atoms with E-state index in [0.29, 0.717) is 11.2 Å². The van der Waals surface area contributed by atoms with E-state index in [4.69, 9.17) is 29.4 Å². The van der Waals surface area contributed by atoms with E-state index in [1.165, 1.54) is 32.8 Å². The van der Waals surface area contributed by atoms with Crippen LogP contribution < -0.4 is 5.73 Å². The van der Waals surface area contributed by atoms with Crippen LogP contribution >= 0.6 is 0 Å². The number of imidazole rings is 1. The predicted octanol–water partition coefficient (Wildman–Crippen LogP) is -2.14. The highest BCUT2D eigenvalue weighted by Crippen LogP contribution is 2.47. The molecule has 9 unspecified atom stereocenters. The summed E-state index contributed by atoms with van der Waals surface area (Å²) in [6, 6.07) is 0. The number of ether oxygens (including phenoxy) is 5. The lowest BCUT2D eigenvalue weighted by Crippen LogP contribution is -2.73. The fourth-order valence-electron chi connectivity index (χ4n) is 5.13. The van der Waals surface area contributed by atoms with Gasteiger partial charge in [0.1, 0.15) is 36.3 Å². The van der Waals surface area contributed by atoms with E-state index in [0.717, 1.165) is 0 Å². The smallest absolute Gasteiger partial charge is 0.336 e. The van der Waals surface area contributed by atoms with Gasteiger partial charge in [-0.25, -0.2) is 24.5 Å². The zero-order valence-corrected chi connectivity index (χ0v) is 20.3. The summed E-state index contributed by atoms with van der Waals surface area (Å²) in [6.45, 7) is 0.794. The fraction of sp³-hybridized carbons (Fsp3) is 0.591. The maximum absolute atomic E-state index is 12.6. The molecule has 3 aliphatic heterocycles. The Kier molecular flexibility index (Phi) is 6.80. The summed E-state index contributed by atoms with van der Waals surface area (Å²) in [5.41, 5.74) is 6.41. The van der Waals surface area contributed by atoms with Crippen molar-refractivity contribution in [3.8, 4) is 0 Å². The number of esters is 1. The van der Waals surface area contributed by atoms with Gasteiger partial charge in [0.15, 0.2) is 29.9 Å². The van der Waals surface area contributed by atoms with E-state index in [2.05, 4.69) is 15.0 Å². The standard InChI is InChI=1S/C22H27N5O11/c1-3-8(5-28)21(32)37-16-12(29)14(20(30)31)36-10-4-9-13(38-22(10,16)33)15(34-2)19(35-9)27-7-26-11-17(23)24-6-25-18(11)27/h3,6-7,9-10,12-16,19,28-29,33H,4-5H2,1-2H3,(H,30,31)(H2,23,24,25). The van der Waals surface area contributed by atoms with Crippen molar-refractivity contribution in [2.45, 2.75) is 68.1 Å². The number of rotatable bonds is 6. The Morgan fingerprint density at radius 2 is 2.08 bits per heavy atom. The number of allylic oxidation sites excluding steroid dienone is 1. The molecule has 0 bridgehead atoms. The number of carbonyl (C=O) groups is 2. The Bertz CT molecular complexity index is 1270. The molecule has 16 heteroatoms. The summed E-state index contributed by atoms with van der Waals surface area (Å²) in [5.74, 6) is -4.95. The van der Waals surface area contributed by atoms with Crippen molar-refractivity contribution in [3.05, 3.63) is 24.3 Å². The van der Waals surface area contributed by atoms with Crippen molar-refractivity contribution < 1.29 is 53.7 Å². The molecule has 6 N–H and O–H groups in total. The van der Waals surface area contributed by atoms with E-state index in [9.17, 15) is 30.0 Å². The number of aliphatic hydroxyl groups excluding tert-OH is 2. The number of aliphatic hydroxyl groups is 3. The summed E-state index contributed by atoms with van der Waals surface area (Å²) >= 11 is 0. The highest BCUT2D eigenvalue weighted by Gasteiger charge is 2.67. The molecule has 9 atom stereocenters. The van der Waals surface area contributed by atoms with E-state index in [1.807, 2.05) is 0 Å². The molecule has 0 radical (unpaired) electrons. The molecule has 16 nitrogen and oxygen atoms in total. The Balaban J connectivity index is 1.49. The second-order valence-corrected chi connectivity index (χ2v) is 9.09. The number of nitrogens with zero attached hydrogens (tertiary/aromatic N) is 4. The third kappa shape index (κ3) is 4.01. The van der Waals surface area contributed by atoms with Crippen LogP contribution in [0.3, 0.4) is 0 Å². The van der Waals surface area contributed by atoms with E-state index in [-0.39, 0.29) is 17.8 Å². The number of carbonyl (C=O) groups excluding carboxylic acids is 1. The third-order valence-electron chi connectivity index (χ3n) is 7.05. The van der Waals surface area contributed by atoms with Crippen LogP contribution in [-0.2, 0) is 33.3 Å². The average molecular weight is 537 g/mol. The first-order valence-electron chi connectivity index (χ1n) is 11.7. The number of methoxy groups -OCH3 is 1. The number of hydrogen-bond donors (Lipinski definition) is 5. The van der Waals surface area contributed by atoms with Crippen LogP contribution in [-0.4, -0.2) is 114 Å². The Morgan fingerprint density at radius 1 is 1.32 bits per heavy atom. The number of nitrogen functional groups attached to an aromatic ring is 1. The zero-order chi connectivity index (χ0) is 27.4. The third-order valence-corrected chi connectivity index (χ3v) is 7.05. The van der Waals surface area contributed by atoms with Gasteiger partial charge in [-0.3, -0.25) is 4.57 Å². The van der Waals surface area contributed by atoms with Gasteiger partial charge in [0.25, 0.3) is 0 Å². The van der Waals surface area contributed by atoms with Crippen molar-refractivity contribution >= 4 is 28.9 Å². The Morgan fingerprint density at radius 3 is 2.74 bits per heavy atom. The topological polar surface area (TPSA) is 231 Å². The number of aromatic nitrogens is 4. The molecule has 2 aromatic heterocycles. The van der Waals surface area contributed by atoms with Gasteiger partial charge >= 0.3 is 11.9 Å². The summed E-state index contributed by atoms with van der Waals surface area (Å²) < 4.78 is 30.3. The number of carboxylic acid groups (broad SMARTS) is 1. The molecular weight excluding hydrogens is 510 g/mol. The lowest BCUT2D eigenvalue weighted by molar-refractivity contribution is -0.397. The second kappa shape index (κ2) is 9.81. The zero-order valence-electron chi connectivity index (χ0n) is 20.3. The maximum atomic E-state index is 12.6. The van der Waals surface area contributed by atoms with Gasteiger partial charge in [0, 0.05) is 13.5 Å². The Hall–Kier alpha value is -3.25. The van der Waals surface area contributed by atoms with Crippen LogP contribution in [0.5, 0.6) is 0 Å². The van der Waals surface area contributed by atoms with Crippen LogP contribution in [0.4, 0.5) is 5.82 Å². The van der Waals surface area contributed by atoms with Crippen LogP contribution in [0.15, 0.2) is 24.3 Å². The van der Waals surface area contributed by atoms with Gasteiger partial charge in [-0.2, -0.15) is 0 Å². The lowest BCUT2D eigenvalue weighted by Gasteiger charge is -2.52. The Labute approximate surface area is 214 Å². The van der Waals surface area contributed by atoms with Gasteiger partial charge in [-0.15, -0.1) is 0 Å². The minimum absolute atomic E-state index is 0.109. The van der Waals surface area contributed by atoms with Gasteiger partial charge in [-0.05, 0) is 6.92 Å². The van der Waals surface area contributed by atoms with E-state index < -0.39 is 73.3 Å². The molecule has 3 aliphatic rings. The van der Waals surface area contributed by atoms with Crippen LogP contribution in [0.1, 0.15) is 19.6 Å². The second-order valence-electron chi connectivity index (χ2n) is 9.09. The molecular formula is C22H27N5O11. The van der Waals surface area contributed by atoms with Crippen molar-refractivity contribution in [3.63, 3.8) is 0 Å². The number of fused-ring (bicyclic) bond motifs is 3. The summed E-state index contributed by atoms with van der Waals surface area (Å²) in [5, 5.41) is 41.5. The van der Waals surface area contributed by atoms with Crippen molar-refractivity contribution in [2.75, 3.05) is 19.5 Å². The number of anilines is 1. The predicted molar refractivity (Wildman–Crippen MR) is 122 cm³/mol. The molecule has 2 aromatic rings. The molecule has 5 heterocycles. The molecule has 0 aliphatic carbocycles. The quantitative estimate of drug-likeness (QED) is 0.195. The van der Waals surface area contributed by atoms with Gasteiger partial charge < -0.3 is 49.8 Å². The number of aliphatic carboxylic acids is 1. The van der Waals surface area contributed by atoms with E-state index in [1.54, 1.807) is 4.57 Å². The van der Waals surface area contributed by atoms with Crippen molar-refractivity contribution in [2.24, 2.45) is 0 Å². The molecule has 0 saturated carbocycles. The molecule has 0 spiro atoms. The van der Waals surface area contributed by atoms with Crippen molar-refractivity contribution in [1.82, 2.24) is 19.5 Å². The highest BCUT2D eigenvalue weighted by atomic mass is 16.7. The SMILES string of the molecule is CC=C(CO)C(=O)OC1C(O)C(C(=O)O)OC2CC3OC(n4cnc5c(N)ncnc54)C(OC)C3OC21O. The van der Waals surface area contributed by atoms with Crippen LogP contribution in [0.2, 0.25) is 0 Å². The van der Waals surface area contributed by atoms with Gasteiger partial charge in [0.2, 0.25) is 5.79 Å². The minimum atomic E-state index is -2.49. The molecule has 3 saturated heterocycles.